The van der Waals surface area contributed by atoms with Gasteiger partial charge >= 0.3 is 0 Å². The molecule has 0 aliphatic rings. The highest BCUT2D eigenvalue weighted by Crippen LogP contribution is 2.30. The van der Waals surface area contributed by atoms with Crippen molar-refractivity contribution in [2.75, 3.05) is 13.7 Å². The third-order valence-electron chi connectivity index (χ3n) is 2.20. The number of furan rings is 1. The lowest BCUT2D eigenvalue weighted by atomic mass is 9.97. The molecule has 80 valence electrons. The van der Waals surface area contributed by atoms with Gasteiger partial charge in [-0.2, -0.15) is 0 Å². The molecule has 0 radical (unpaired) electrons. The van der Waals surface area contributed by atoms with Crippen LogP contribution in [0.25, 0.3) is 0 Å². The van der Waals surface area contributed by atoms with Gasteiger partial charge in [-0.3, -0.25) is 4.98 Å². The van der Waals surface area contributed by atoms with Crippen LogP contribution in [0.4, 0.5) is 0 Å². The van der Waals surface area contributed by atoms with Crippen molar-refractivity contribution in [3.63, 3.8) is 0 Å². The second kappa shape index (κ2) is 4.14. The minimum atomic E-state index is -0.737. The summed E-state index contributed by atoms with van der Waals surface area (Å²) in [5.41, 5.74) is 7.30. The number of nitrogens with zero attached hydrogens (tertiary/aromatic N) is 1. The van der Waals surface area contributed by atoms with E-state index in [1.165, 1.54) is 11.3 Å². The maximum absolute atomic E-state index is 6.29. The van der Waals surface area contributed by atoms with Crippen molar-refractivity contribution in [3.8, 4) is 0 Å². The fraction of sp³-hybridized carbons (Fsp3) is 0.300. The van der Waals surface area contributed by atoms with E-state index >= 15 is 0 Å². The fourth-order valence-corrected chi connectivity index (χ4v) is 2.19. The van der Waals surface area contributed by atoms with Crippen molar-refractivity contribution in [2.45, 2.75) is 5.54 Å². The number of nitrogens with two attached hydrogens (primary N) is 1. The molecule has 0 aliphatic carbocycles. The van der Waals surface area contributed by atoms with Crippen LogP contribution >= 0.6 is 11.3 Å². The number of thiazole rings is 1. The topological polar surface area (TPSA) is 61.3 Å². The molecule has 2 aromatic heterocycles. The van der Waals surface area contributed by atoms with Gasteiger partial charge in [-0.25, -0.2) is 0 Å². The zero-order valence-electron chi connectivity index (χ0n) is 8.34. The zero-order chi connectivity index (χ0) is 10.7. The molecule has 15 heavy (non-hydrogen) atoms. The smallest absolute Gasteiger partial charge is 0.134 e. The minimum Gasteiger partial charge on any atom is -0.467 e. The Balaban J connectivity index is 2.41. The van der Waals surface area contributed by atoms with Gasteiger partial charge in [-0.15, -0.1) is 11.3 Å². The number of ether oxygens (including phenoxy) is 1. The van der Waals surface area contributed by atoms with Gasteiger partial charge in [0.15, 0.2) is 0 Å². The van der Waals surface area contributed by atoms with Crippen LogP contribution in [0.1, 0.15) is 10.6 Å². The Morgan fingerprint density at radius 1 is 1.67 bits per heavy atom. The van der Waals surface area contributed by atoms with Crippen LogP contribution in [0.15, 0.2) is 34.5 Å². The van der Waals surface area contributed by atoms with E-state index in [0.717, 1.165) is 4.88 Å². The zero-order valence-corrected chi connectivity index (χ0v) is 9.16. The van der Waals surface area contributed by atoms with Gasteiger partial charge in [0.05, 0.1) is 23.3 Å². The SMILES string of the molecule is COCC(N)(c1ccco1)c1cncs1. The number of aromatic nitrogens is 1. The summed E-state index contributed by atoms with van der Waals surface area (Å²) in [7, 11) is 1.62. The molecule has 0 amide bonds. The van der Waals surface area contributed by atoms with Crippen LogP contribution in [-0.4, -0.2) is 18.7 Å². The van der Waals surface area contributed by atoms with Gasteiger partial charge in [-0.1, -0.05) is 0 Å². The molecule has 0 saturated heterocycles. The first-order valence-electron chi connectivity index (χ1n) is 4.48. The monoisotopic (exact) mass is 224 g/mol. The average molecular weight is 224 g/mol. The molecule has 2 heterocycles. The van der Waals surface area contributed by atoms with Crippen molar-refractivity contribution in [1.82, 2.24) is 4.98 Å². The summed E-state index contributed by atoms with van der Waals surface area (Å²) in [5, 5.41) is 0. The van der Waals surface area contributed by atoms with Crippen LogP contribution in [0.3, 0.4) is 0 Å². The highest BCUT2D eigenvalue weighted by atomic mass is 32.1. The second-order valence-corrected chi connectivity index (χ2v) is 4.13. The Morgan fingerprint density at radius 2 is 2.53 bits per heavy atom. The fourth-order valence-electron chi connectivity index (χ4n) is 1.46. The molecule has 0 aromatic carbocycles. The molecular formula is C10H12N2O2S. The van der Waals surface area contributed by atoms with E-state index in [4.69, 9.17) is 14.9 Å². The van der Waals surface area contributed by atoms with Crippen LogP contribution < -0.4 is 5.73 Å². The normalized spacial score (nSPS) is 15.1. The Morgan fingerprint density at radius 3 is 3.07 bits per heavy atom. The first-order valence-corrected chi connectivity index (χ1v) is 5.36. The Kier molecular flexibility index (Phi) is 2.86. The van der Waals surface area contributed by atoms with Gasteiger partial charge in [0, 0.05) is 13.3 Å². The Hall–Kier alpha value is -1.17. The van der Waals surface area contributed by atoms with Crippen LogP contribution in [0, 0.1) is 0 Å². The molecule has 2 N–H and O–H groups in total. The van der Waals surface area contributed by atoms with Crippen molar-refractivity contribution >= 4 is 11.3 Å². The highest BCUT2D eigenvalue weighted by Gasteiger charge is 2.34. The predicted molar refractivity (Wildman–Crippen MR) is 57.7 cm³/mol. The van der Waals surface area contributed by atoms with E-state index in [1.807, 2.05) is 12.1 Å². The van der Waals surface area contributed by atoms with Gasteiger partial charge in [0.25, 0.3) is 0 Å². The molecular weight excluding hydrogens is 212 g/mol. The summed E-state index contributed by atoms with van der Waals surface area (Å²) in [4.78, 5) is 4.95. The van der Waals surface area contributed by atoms with Gasteiger partial charge in [-0.05, 0) is 12.1 Å². The van der Waals surface area contributed by atoms with Crippen molar-refractivity contribution in [2.24, 2.45) is 5.73 Å². The molecule has 1 unspecified atom stereocenters. The molecule has 1 atom stereocenters. The van der Waals surface area contributed by atoms with Crippen molar-refractivity contribution < 1.29 is 9.15 Å². The largest absolute Gasteiger partial charge is 0.467 e. The van der Waals surface area contributed by atoms with Gasteiger partial charge in [0.1, 0.15) is 11.3 Å². The maximum atomic E-state index is 6.29. The van der Waals surface area contributed by atoms with E-state index in [1.54, 1.807) is 25.1 Å². The summed E-state index contributed by atoms with van der Waals surface area (Å²) in [6.45, 7) is 0.364. The molecule has 0 bridgehead atoms. The van der Waals surface area contributed by atoms with Crippen LogP contribution in [0.5, 0.6) is 0 Å². The van der Waals surface area contributed by atoms with Crippen LogP contribution in [-0.2, 0) is 10.3 Å². The summed E-state index contributed by atoms with van der Waals surface area (Å²) < 4.78 is 10.5. The molecule has 2 aromatic rings. The lowest BCUT2D eigenvalue weighted by Gasteiger charge is -2.24. The number of hydrogen-bond donors (Lipinski definition) is 1. The van der Waals surface area contributed by atoms with Gasteiger partial charge in [0.2, 0.25) is 0 Å². The summed E-state index contributed by atoms with van der Waals surface area (Å²) in [5.74, 6) is 0.689. The molecule has 0 aliphatic heterocycles. The second-order valence-electron chi connectivity index (χ2n) is 3.25. The highest BCUT2D eigenvalue weighted by molar-refractivity contribution is 7.09. The standard InChI is InChI=1S/C10H12N2O2S/c1-13-6-10(11,8-3-2-4-14-8)9-5-12-7-15-9/h2-5,7H,6,11H2,1H3. The summed E-state index contributed by atoms with van der Waals surface area (Å²) in [6.07, 6.45) is 3.35. The molecule has 0 saturated carbocycles. The quantitative estimate of drug-likeness (QED) is 0.856. The maximum Gasteiger partial charge on any atom is 0.134 e. The third kappa shape index (κ3) is 1.81. The molecule has 4 nitrogen and oxygen atoms in total. The number of methoxy groups -OCH3 is 1. The predicted octanol–water partition coefficient (Wildman–Crippen LogP) is 1.58. The van der Waals surface area contributed by atoms with Crippen molar-refractivity contribution in [1.29, 1.82) is 0 Å². The van der Waals surface area contributed by atoms with E-state index < -0.39 is 5.54 Å². The molecule has 5 heteroatoms. The van der Waals surface area contributed by atoms with E-state index in [-0.39, 0.29) is 0 Å². The summed E-state index contributed by atoms with van der Waals surface area (Å²) in [6, 6.07) is 3.66. The minimum absolute atomic E-state index is 0.364. The molecule has 0 spiro atoms. The first kappa shape index (κ1) is 10.4. The van der Waals surface area contributed by atoms with Crippen LogP contribution in [0.2, 0.25) is 0 Å². The lowest BCUT2D eigenvalue weighted by molar-refractivity contribution is 0.140. The number of hydrogen-bond acceptors (Lipinski definition) is 5. The van der Waals surface area contributed by atoms with E-state index in [9.17, 15) is 0 Å². The van der Waals surface area contributed by atoms with Gasteiger partial charge < -0.3 is 14.9 Å². The first-order chi connectivity index (χ1) is 7.27. The average Bonchev–Trinajstić information content (AvgIpc) is 2.92. The van der Waals surface area contributed by atoms with E-state index in [2.05, 4.69) is 4.98 Å². The Labute approximate surface area is 91.7 Å². The Bertz CT molecular complexity index is 363. The molecule has 0 fully saturated rings. The third-order valence-corrected chi connectivity index (χ3v) is 3.16. The summed E-state index contributed by atoms with van der Waals surface area (Å²) >= 11 is 1.49. The lowest BCUT2D eigenvalue weighted by Crippen LogP contribution is -2.41. The van der Waals surface area contributed by atoms with Crippen molar-refractivity contribution in [3.05, 3.63) is 40.7 Å². The molecule has 2 rings (SSSR count). The number of rotatable bonds is 4. The van der Waals surface area contributed by atoms with E-state index in [0.29, 0.717) is 12.4 Å².